The first kappa shape index (κ1) is 16.5. The lowest BCUT2D eigenvalue weighted by molar-refractivity contribution is -0.505. The van der Waals surface area contributed by atoms with Crippen molar-refractivity contribution in [2.24, 2.45) is 0 Å². The van der Waals surface area contributed by atoms with Gasteiger partial charge in [0, 0.05) is 6.42 Å². The molecule has 0 bridgehead atoms. The number of hydrogen-bond donors (Lipinski definition) is 0. The molecular weight excluding hydrogens is 290 g/mol. The highest BCUT2D eigenvalue weighted by Gasteiger charge is 2.46. The number of rotatable bonds is 0. The number of fused-ring (bicyclic) bond motifs is 1. The summed E-state index contributed by atoms with van der Waals surface area (Å²) in [5, 5.41) is 0. The van der Waals surface area contributed by atoms with Crippen LogP contribution in [-0.4, -0.2) is 37.3 Å². The highest BCUT2D eigenvalue weighted by atomic mass is 19.5. The first-order valence-electron chi connectivity index (χ1n) is 5.61. The molecule has 0 spiro atoms. The van der Waals surface area contributed by atoms with Crippen LogP contribution >= 0.6 is 0 Å². The van der Waals surface area contributed by atoms with Gasteiger partial charge in [-0.3, -0.25) is 0 Å². The third-order valence-corrected chi connectivity index (χ3v) is 2.64. The van der Waals surface area contributed by atoms with E-state index < -0.39 is 19.1 Å². The molecule has 1 aliphatic rings. The number of benzene rings is 1. The molecule has 0 aliphatic carbocycles. The molecule has 20 heavy (non-hydrogen) atoms. The molecule has 1 aliphatic heterocycles. The van der Waals surface area contributed by atoms with Gasteiger partial charge in [-0.15, -0.1) is 0 Å². The third kappa shape index (κ3) is 4.86. The number of halogens is 7. The van der Waals surface area contributed by atoms with Gasteiger partial charge in [0.2, 0.25) is 0 Å². The van der Waals surface area contributed by atoms with Gasteiger partial charge in [0.15, 0.2) is 0 Å². The van der Waals surface area contributed by atoms with E-state index >= 15 is 0 Å². The Morgan fingerprint density at radius 2 is 1.55 bits per heavy atom. The molecule has 0 atom stereocenters. The van der Waals surface area contributed by atoms with Gasteiger partial charge in [-0.2, -0.15) is 13.2 Å². The van der Waals surface area contributed by atoms with E-state index in [1.807, 2.05) is 0 Å². The van der Waals surface area contributed by atoms with Gasteiger partial charge >= 0.3 is 13.4 Å². The van der Waals surface area contributed by atoms with E-state index in [0.717, 1.165) is 5.56 Å². The summed E-state index contributed by atoms with van der Waals surface area (Å²) >= 11 is 0. The maximum absolute atomic E-state index is 12.8. The number of nitrogens with zero attached hydrogens (tertiary/aromatic N) is 1. The van der Waals surface area contributed by atoms with Crippen molar-refractivity contribution in [2.45, 2.75) is 12.6 Å². The van der Waals surface area contributed by atoms with Crippen molar-refractivity contribution in [1.82, 2.24) is 0 Å². The minimum absolute atomic E-state index is 0.318. The number of likely N-dealkylation sites (N-methyl/N-ethyl adjacent to an activating group) is 1. The second-order valence-corrected chi connectivity index (χ2v) is 4.17. The maximum Gasteiger partial charge on any atom is 0.673 e. The van der Waals surface area contributed by atoms with Crippen molar-refractivity contribution in [3.8, 4) is 0 Å². The van der Waals surface area contributed by atoms with E-state index in [4.69, 9.17) is 0 Å². The Morgan fingerprint density at radius 1 is 1.05 bits per heavy atom. The summed E-state index contributed by atoms with van der Waals surface area (Å²) in [5.74, 6) is 0. The first-order chi connectivity index (χ1) is 9.00. The highest BCUT2D eigenvalue weighted by molar-refractivity contribution is 6.50. The fourth-order valence-corrected chi connectivity index (χ4v) is 1.94. The SMILES string of the molecule is C[N+]1=C(C(F)(F)F)c2ccccc2CC1.F[B-](F)(F)F. The summed E-state index contributed by atoms with van der Waals surface area (Å²) in [6, 6.07) is 6.71. The fraction of sp³-hybridized carbons (Fsp3) is 0.364. The van der Waals surface area contributed by atoms with Crippen LogP contribution in [0.1, 0.15) is 11.1 Å². The van der Waals surface area contributed by atoms with Crippen LogP contribution in [0.5, 0.6) is 0 Å². The first-order valence-corrected chi connectivity index (χ1v) is 5.61. The van der Waals surface area contributed by atoms with Gasteiger partial charge < -0.3 is 17.3 Å². The number of alkyl halides is 3. The van der Waals surface area contributed by atoms with Gasteiger partial charge in [0.05, 0.1) is 5.56 Å². The van der Waals surface area contributed by atoms with Crippen molar-refractivity contribution in [2.75, 3.05) is 13.6 Å². The van der Waals surface area contributed by atoms with E-state index in [1.54, 1.807) is 18.2 Å². The minimum atomic E-state index is -6.00. The van der Waals surface area contributed by atoms with Crippen molar-refractivity contribution < 1.29 is 35.0 Å². The van der Waals surface area contributed by atoms with Crippen LogP contribution in [0.15, 0.2) is 24.3 Å². The molecular formula is C11H11BF7N. The molecule has 1 heterocycles. The van der Waals surface area contributed by atoms with Gasteiger partial charge in [-0.25, -0.2) is 4.58 Å². The minimum Gasteiger partial charge on any atom is -0.418 e. The largest absolute Gasteiger partial charge is 0.673 e. The monoisotopic (exact) mass is 301 g/mol. The summed E-state index contributed by atoms with van der Waals surface area (Å²) in [5.41, 5.74) is 0.575. The fourth-order valence-electron chi connectivity index (χ4n) is 1.94. The predicted molar refractivity (Wildman–Crippen MR) is 61.5 cm³/mol. The van der Waals surface area contributed by atoms with Crippen LogP contribution in [0.2, 0.25) is 0 Å². The van der Waals surface area contributed by atoms with E-state index in [2.05, 4.69) is 0 Å². The molecule has 0 fully saturated rings. The quantitative estimate of drug-likeness (QED) is 0.392. The molecule has 1 aromatic rings. The Labute approximate surface area is 110 Å². The third-order valence-electron chi connectivity index (χ3n) is 2.64. The van der Waals surface area contributed by atoms with Crippen molar-refractivity contribution in [3.05, 3.63) is 35.4 Å². The highest BCUT2D eigenvalue weighted by Crippen LogP contribution is 2.26. The standard InChI is InChI=1S/C11H11F3N.BF4/c1-15-7-6-8-4-2-3-5-9(8)10(15)11(12,13)14;2-1(3,4)5/h2-5H,6-7H2,1H3;/q+1;-1. The summed E-state index contributed by atoms with van der Waals surface area (Å²) < 4.78 is 78.7. The van der Waals surface area contributed by atoms with Crippen molar-refractivity contribution in [3.63, 3.8) is 0 Å². The van der Waals surface area contributed by atoms with Crippen LogP contribution in [0, 0.1) is 0 Å². The average molecular weight is 301 g/mol. The second kappa shape index (κ2) is 5.84. The maximum atomic E-state index is 12.8. The Kier molecular flexibility index (Phi) is 4.83. The van der Waals surface area contributed by atoms with E-state index in [0.29, 0.717) is 18.5 Å². The topological polar surface area (TPSA) is 3.01 Å². The molecule has 0 unspecified atom stereocenters. The van der Waals surface area contributed by atoms with Crippen molar-refractivity contribution >= 4 is 13.0 Å². The molecule has 0 saturated carbocycles. The molecule has 0 radical (unpaired) electrons. The van der Waals surface area contributed by atoms with E-state index in [-0.39, 0.29) is 0 Å². The molecule has 1 aromatic carbocycles. The zero-order valence-electron chi connectivity index (χ0n) is 10.4. The molecule has 0 amide bonds. The van der Waals surface area contributed by atoms with Crippen molar-refractivity contribution in [1.29, 1.82) is 0 Å². The molecule has 2 rings (SSSR count). The molecule has 112 valence electrons. The summed E-state index contributed by atoms with van der Waals surface area (Å²) in [7, 11) is -4.52. The second-order valence-electron chi connectivity index (χ2n) is 4.17. The van der Waals surface area contributed by atoms with Gasteiger partial charge in [-0.05, 0) is 11.6 Å². The van der Waals surface area contributed by atoms with E-state index in [9.17, 15) is 30.4 Å². The molecule has 1 nitrogen and oxygen atoms in total. The lowest BCUT2D eigenvalue weighted by Crippen LogP contribution is -2.37. The molecule has 0 saturated heterocycles. The lowest BCUT2D eigenvalue weighted by Gasteiger charge is -2.17. The van der Waals surface area contributed by atoms with Crippen LogP contribution in [0.4, 0.5) is 30.4 Å². The van der Waals surface area contributed by atoms with Crippen LogP contribution < -0.4 is 0 Å². The molecule has 0 N–H and O–H groups in total. The average Bonchev–Trinajstić information content (AvgIpc) is 2.24. The Bertz CT molecular complexity index is 498. The normalized spacial score (nSPS) is 15.4. The Balaban J connectivity index is 0.000000347. The summed E-state index contributed by atoms with van der Waals surface area (Å²) in [6.07, 6.45) is -3.60. The Morgan fingerprint density at radius 3 is 2.05 bits per heavy atom. The van der Waals surface area contributed by atoms with Gasteiger partial charge in [0.25, 0.3) is 5.71 Å². The lowest BCUT2D eigenvalue weighted by atomic mass is 9.97. The van der Waals surface area contributed by atoms with E-state index in [1.165, 1.54) is 17.7 Å². The summed E-state index contributed by atoms with van der Waals surface area (Å²) in [6.45, 7) is 0.422. The van der Waals surface area contributed by atoms with Gasteiger partial charge in [-0.1, -0.05) is 18.2 Å². The Hall–Kier alpha value is -1.54. The zero-order valence-corrected chi connectivity index (χ0v) is 10.4. The molecule has 0 aromatic heterocycles. The van der Waals surface area contributed by atoms with Crippen LogP contribution in [-0.2, 0) is 6.42 Å². The zero-order chi connectivity index (χ0) is 15.6. The number of hydrogen-bond acceptors (Lipinski definition) is 0. The van der Waals surface area contributed by atoms with Crippen LogP contribution in [0.25, 0.3) is 0 Å². The molecule has 9 heteroatoms. The van der Waals surface area contributed by atoms with Crippen LogP contribution in [0.3, 0.4) is 0 Å². The smallest absolute Gasteiger partial charge is 0.418 e. The predicted octanol–water partition coefficient (Wildman–Crippen LogP) is 3.54. The summed E-state index contributed by atoms with van der Waals surface area (Å²) in [4.78, 5) is 0. The van der Waals surface area contributed by atoms with Gasteiger partial charge in [0.1, 0.15) is 13.6 Å².